The molecule has 7 nitrogen and oxygen atoms in total. The van der Waals surface area contributed by atoms with Gasteiger partial charge in [0.15, 0.2) is 0 Å². The zero-order chi connectivity index (χ0) is 22.8. The lowest BCUT2D eigenvalue weighted by Gasteiger charge is -2.32. The highest BCUT2D eigenvalue weighted by Crippen LogP contribution is 2.57. The van der Waals surface area contributed by atoms with Gasteiger partial charge >= 0.3 is 5.97 Å². The summed E-state index contributed by atoms with van der Waals surface area (Å²) in [6, 6.07) is 10.8. The average Bonchev–Trinajstić information content (AvgIpc) is 3.25. The Bertz CT molecular complexity index is 1320. The monoisotopic (exact) mass is 452 g/mol. The van der Waals surface area contributed by atoms with Crippen LogP contribution in [-0.2, 0) is 15.0 Å². The molecule has 0 aliphatic carbocycles. The fourth-order valence-electron chi connectivity index (χ4n) is 4.58. The summed E-state index contributed by atoms with van der Waals surface area (Å²) in [6.45, 7) is 0. The van der Waals surface area contributed by atoms with Crippen molar-refractivity contribution in [1.29, 1.82) is 0 Å². The minimum atomic E-state index is -1.48. The zero-order valence-corrected chi connectivity index (χ0v) is 17.9. The Hall–Kier alpha value is -3.72. The van der Waals surface area contributed by atoms with E-state index in [9.17, 15) is 23.9 Å². The Morgan fingerprint density at radius 2 is 1.94 bits per heavy atom. The fourth-order valence-corrected chi connectivity index (χ4v) is 5.90. The maximum Gasteiger partial charge on any atom is 0.346 e. The van der Waals surface area contributed by atoms with Crippen molar-refractivity contribution in [2.75, 3.05) is 24.4 Å². The van der Waals surface area contributed by atoms with Gasteiger partial charge in [0.25, 0.3) is 0 Å². The van der Waals surface area contributed by atoms with Crippen LogP contribution in [0, 0.1) is 5.82 Å². The number of nitrogens with one attached hydrogen (secondary N) is 1. The number of anilines is 2. The normalized spacial score (nSPS) is 19.0. The molecule has 1 spiro atoms. The van der Waals surface area contributed by atoms with E-state index in [1.54, 1.807) is 31.3 Å². The highest BCUT2D eigenvalue weighted by atomic mass is 32.1. The highest BCUT2D eigenvalue weighted by Gasteiger charge is 2.57. The fraction of sp³-hybridized carbons (Fsp3) is 0.174. The van der Waals surface area contributed by atoms with Gasteiger partial charge in [-0.1, -0.05) is 12.1 Å². The maximum absolute atomic E-state index is 14.2. The van der Waals surface area contributed by atoms with Gasteiger partial charge in [-0.2, -0.15) is 0 Å². The predicted molar refractivity (Wildman–Crippen MR) is 117 cm³/mol. The summed E-state index contributed by atoms with van der Waals surface area (Å²) in [4.78, 5) is 40.3. The second kappa shape index (κ2) is 6.89. The standard InChI is InChI=1S/C23H17FN2O5S/c1-26-15-8-5-12(24)9-14(15)23(22(26)30)10-16(27)25-18-17(19(21(28)29)32-20(18)23)11-3-6-13(31-2)7-4-11/h3-9H,10H2,1-2H3,(H,25,27)(H,28,29)/t23-/m0/s1. The number of aromatic carboxylic acids is 1. The summed E-state index contributed by atoms with van der Waals surface area (Å²) >= 11 is 0.933. The summed E-state index contributed by atoms with van der Waals surface area (Å²) in [5, 5.41) is 12.7. The Balaban J connectivity index is 1.83. The maximum atomic E-state index is 14.2. The number of carboxylic acids is 1. The van der Waals surface area contributed by atoms with Crippen molar-refractivity contribution in [3.63, 3.8) is 0 Å². The molecule has 0 unspecified atom stereocenters. The Morgan fingerprint density at radius 1 is 1.22 bits per heavy atom. The van der Waals surface area contributed by atoms with E-state index in [1.807, 2.05) is 0 Å². The quantitative estimate of drug-likeness (QED) is 0.629. The number of thiophene rings is 1. The molecule has 5 rings (SSSR count). The summed E-state index contributed by atoms with van der Waals surface area (Å²) in [5.74, 6) is -1.97. The number of fused-ring (bicyclic) bond motifs is 4. The van der Waals surface area contributed by atoms with Gasteiger partial charge in [0.05, 0.1) is 24.1 Å². The summed E-state index contributed by atoms with van der Waals surface area (Å²) < 4.78 is 19.4. The molecule has 0 radical (unpaired) electrons. The Kier molecular flexibility index (Phi) is 4.35. The van der Waals surface area contributed by atoms with Crippen LogP contribution in [0.25, 0.3) is 11.1 Å². The number of rotatable bonds is 3. The molecule has 0 fully saturated rings. The number of halogens is 1. The van der Waals surface area contributed by atoms with E-state index in [4.69, 9.17) is 4.74 Å². The minimum Gasteiger partial charge on any atom is -0.497 e. The van der Waals surface area contributed by atoms with E-state index >= 15 is 0 Å². The average molecular weight is 452 g/mol. The molecule has 2 aromatic carbocycles. The van der Waals surface area contributed by atoms with Crippen LogP contribution in [0.1, 0.15) is 26.5 Å². The molecule has 0 saturated heterocycles. The van der Waals surface area contributed by atoms with E-state index in [0.29, 0.717) is 33.0 Å². The number of carbonyl (C=O) groups excluding carboxylic acids is 2. The van der Waals surface area contributed by atoms with Gasteiger partial charge in [-0.05, 0) is 35.9 Å². The van der Waals surface area contributed by atoms with Crippen LogP contribution in [0.2, 0.25) is 0 Å². The Labute approximate surface area is 186 Å². The van der Waals surface area contributed by atoms with Crippen LogP contribution >= 0.6 is 11.3 Å². The van der Waals surface area contributed by atoms with Crippen molar-refractivity contribution in [1.82, 2.24) is 0 Å². The molecular weight excluding hydrogens is 435 g/mol. The lowest BCUT2D eigenvalue weighted by molar-refractivity contribution is -0.126. The highest BCUT2D eigenvalue weighted by molar-refractivity contribution is 7.15. The van der Waals surface area contributed by atoms with Gasteiger partial charge in [-0.3, -0.25) is 9.59 Å². The molecule has 3 heterocycles. The third kappa shape index (κ3) is 2.61. The number of hydrogen-bond donors (Lipinski definition) is 2. The summed E-state index contributed by atoms with van der Waals surface area (Å²) in [5.41, 5.74) is 0.509. The van der Waals surface area contributed by atoms with Crippen molar-refractivity contribution in [2.45, 2.75) is 11.8 Å². The molecule has 1 aromatic heterocycles. The smallest absolute Gasteiger partial charge is 0.346 e. The largest absolute Gasteiger partial charge is 0.497 e. The van der Waals surface area contributed by atoms with Crippen molar-refractivity contribution < 1.29 is 28.6 Å². The number of carbonyl (C=O) groups is 3. The number of carboxylic acid groups (broad SMARTS) is 1. The molecule has 2 amide bonds. The van der Waals surface area contributed by atoms with Gasteiger partial charge in [0.1, 0.15) is 21.9 Å². The van der Waals surface area contributed by atoms with E-state index in [1.165, 1.54) is 30.2 Å². The van der Waals surface area contributed by atoms with Crippen LogP contribution in [-0.4, -0.2) is 37.0 Å². The number of amides is 2. The lowest BCUT2D eigenvalue weighted by atomic mass is 9.74. The number of nitrogens with zero attached hydrogens (tertiary/aromatic N) is 1. The number of hydrogen-bond acceptors (Lipinski definition) is 5. The predicted octanol–water partition coefficient (Wildman–Crippen LogP) is 3.87. The van der Waals surface area contributed by atoms with Gasteiger partial charge < -0.3 is 20.1 Å². The van der Waals surface area contributed by atoms with Crippen LogP contribution < -0.4 is 15.0 Å². The van der Waals surface area contributed by atoms with Crippen molar-refractivity contribution >= 4 is 40.5 Å². The molecule has 2 aliphatic heterocycles. The first kappa shape index (κ1) is 20.2. The molecule has 2 aliphatic rings. The molecular formula is C23H17FN2O5S. The number of ether oxygens (including phenoxy) is 1. The molecule has 9 heteroatoms. The van der Waals surface area contributed by atoms with Crippen LogP contribution in [0.4, 0.5) is 15.8 Å². The van der Waals surface area contributed by atoms with Crippen molar-refractivity contribution in [3.05, 3.63) is 63.6 Å². The summed E-state index contributed by atoms with van der Waals surface area (Å²) in [7, 11) is 3.09. The number of likely N-dealkylation sites (N-methyl/N-ethyl adjacent to an activating group) is 1. The van der Waals surface area contributed by atoms with E-state index in [0.717, 1.165) is 11.3 Å². The van der Waals surface area contributed by atoms with Gasteiger partial charge in [-0.15, -0.1) is 11.3 Å². The van der Waals surface area contributed by atoms with Gasteiger partial charge in [0, 0.05) is 23.9 Å². The van der Waals surface area contributed by atoms with E-state index in [2.05, 4.69) is 5.32 Å². The SMILES string of the molecule is COc1ccc(-c2c(C(=O)O)sc3c2NC(=O)C[C@@]32C(=O)N(C)c3ccc(F)cc32)cc1. The molecule has 162 valence electrons. The van der Waals surface area contributed by atoms with Crippen LogP contribution in [0.3, 0.4) is 0 Å². The number of methoxy groups -OCH3 is 1. The molecule has 0 saturated carbocycles. The minimum absolute atomic E-state index is 0.0120. The van der Waals surface area contributed by atoms with E-state index < -0.39 is 29.0 Å². The van der Waals surface area contributed by atoms with Gasteiger partial charge in [0.2, 0.25) is 11.8 Å². The third-order valence-corrected chi connectivity index (χ3v) is 7.35. The third-order valence-electron chi connectivity index (χ3n) is 6.01. The Morgan fingerprint density at radius 3 is 2.59 bits per heavy atom. The molecule has 2 N–H and O–H groups in total. The first-order valence-corrected chi connectivity index (χ1v) is 10.5. The molecule has 1 atom stereocenters. The van der Waals surface area contributed by atoms with E-state index in [-0.39, 0.29) is 17.0 Å². The van der Waals surface area contributed by atoms with Crippen molar-refractivity contribution in [3.8, 4) is 16.9 Å². The van der Waals surface area contributed by atoms with Gasteiger partial charge in [-0.25, -0.2) is 9.18 Å². The zero-order valence-electron chi connectivity index (χ0n) is 17.1. The van der Waals surface area contributed by atoms with Crippen LogP contribution in [0.5, 0.6) is 5.75 Å². The number of benzene rings is 2. The lowest BCUT2D eigenvalue weighted by Crippen LogP contribution is -2.45. The first-order chi connectivity index (χ1) is 15.3. The second-order valence-electron chi connectivity index (χ2n) is 7.70. The topological polar surface area (TPSA) is 95.9 Å². The first-order valence-electron chi connectivity index (χ1n) is 9.71. The molecule has 32 heavy (non-hydrogen) atoms. The molecule has 0 bridgehead atoms. The summed E-state index contributed by atoms with van der Waals surface area (Å²) in [6.07, 6.45) is -0.235. The van der Waals surface area contributed by atoms with Crippen molar-refractivity contribution in [2.24, 2.45) is 0 Å². The second-order valence-corrected chi connectivity index (χ2v) is 8.72. The molecule has 3 aromatic rings. The van der Waals surface area contributed by atoms with Crippen LogP contribution in [0.15, 0.2) is 42.5 Å².